The van der Waals surface area contributed by atoms with Gasteiger partial charge >= 0.3 is 11.9 Å². The molecule has 1 saturated heterocycles. The number of hydrogen-bond acceptors (Lipinski definition) is 8. The van der Waals surface area contributed by atoms with Gasteiger partial charge in [-0.2, -0.15) is 0 Å². The van der Waals surface area contributed by atoms with Gasteiger partial charge in [0.05, 0.1) is 6.61 Å². The maximum atomic E-state index is 12.6. The normalized spacial score (nSPS) is 38.8. The molecule has 8 heteroatoms. The van der Waals surface area contributed by atoms with E-state index in [1.54, 1.807) is 13.8 Å². The third-order valence-electron chi connectivity index (χ3n) is 4.81. The fourth-order valence-electron chi connectivity index (χ4n) is 2.65. The lowest BCUT2D eigenvalue weighted by atomic mass is 10.0. The number of hydrogen-bond donors (Lipinski definition) is 0. The van der Waals surface area contributed by atoms with Crippen LogP contribution in [-0.4, -0.2) is 63.2 Å². The molecule has 2 aliphatic heterocycles. The number of methoxy groups -OCH3 is 2. The minimum absolute atomic E-state index is 0.0198. The molecule has 2 heterocycles. The van der Waals surface area contributed by atoms with Crippen molar-refractivity contribution in [2.75, 3.05) is 27.4 Å². The zero-order valence-electron chi connectivity index (χ0n) is 15.8. The van der Waals surface area contributed by atoms with Crippen molar-refractivity contribution in [2.45, 2.75) is 51.0 Å². The van der Waals surface area contributed by atoms with E-state index in [1.165, 1.54) is 14.2 Å². The van der Waals surface area contributed by atoms with Crippen molar-refractivity contribution >= 4 is 11.9 Å². The Labute approximate surface area is 153 Å². The van der Waals surface area contributed by atoms with E-state index < -0.39 is 35.7 Å². The summed E-state index contributed by atoms with van der Waals surface area (Å²) in [6.07, 6.45) is -0.358. The fourth-order valence-corrected chi connectivity index (χ4v) is 2.65. The van der Waals surface area contributed by atoms with Gasteiger partial charge in [-0.15, -0.1) is 0 Å². The quantitative estimate of drug-likeness (QED) is 0.676. The molecule has 8 nitrogen and oxygen atoms in total. The highest BCUT2D eigenvalue weighted by Crippen LogP contribution is 2.39. The minimum Gasteiger partial charge on any atom is -0.463 e. The smallest absolute Gasteiger partial charge is 0.339 e. The molecule has 0 aromatic heterocycles. The molecule has 0 aromatic rings. The number of carbonyl (C=O) groups is 2. The van der Waals surface area contributed by atoms with Crippen molar-refractivity contribution in [2.24, 2.45) is 0 Å². The number of fused-ring (bicyclic) bond motifs is 1. The molecule has 0 saturated carbocycles. The summed E-state index contributed by atoms with van der Waals surface area (Å²) in [7, 11) is 2.77. The Kier molecular flexibility index (Phi) is 6.23. The number of carbonyl (C=O) groups excluding carboxylic acids is 2. The average molecular weight is 370 g/mol. The Morgan fingerprint density at radius 2 is 1.54 bits per heavy atom. The molecule has 0 N–H and O–H groups in total. The molecule has 2 aliphatic rings. The van der Waals surface area contributed by atoms with E-state index in [-0.39, 0.29) is 13.2 Å². The van der Waals surface area contributed by atoms with Crippen molar-refractivity contribution in [3.8, 4) is 0 Å². The number of esters is 2. The lowest BCUT2D eigenvalue weighted by molar-refractivity contribution is -0.439. The van der Waals surface area contributed by atoms with E-state index in [9.17, 15) is 9.59 Å². The molecule has 0 aromatic carbocycles. The minimum atomic E-state index is -1.45. The predicted octanol–water partition coefficient (Wildman–Crippen LogP) is 1.49. The van der Waals surface area contributed by atoms with Gasteiger partial charge in [-0.3, -0.25) is 0 Å². The molecule has 0 radical (unpaired) electrons. The molecule has 4 atom stereocenters. The average Bonchev–Trinajstić information content (AvgIpc) is 2.63. The van der Waals surface area contributed by atoms with E-state index in [1.807, 2.05) is 13.0 Å². The molecule has 26 heavy (non-hydrogen) atoms. The first-order chi connectivity index (χ1) is 12.2. The summed E-state index contributed by atoms with van der Waals surface area (Å²) in [4.78, 5) is 25.1. The van der Waals surface area contributed by atoms with Gasteiger partial charge in [0.2, 0.25) is 11.6 Å². The molecule has 1 fully saturated rings. The summed E-state index contributed by atoms with van der Waals surface area (Å²) < 4.78 is 32.8. The van der Waals surface area contributed by atoms with Crippen molar-refractivity contribution < 1.29 is 38.0 Å². The highest BCUT2D eigenvalue weighted by molar-refractivity contribution is 5.86. The first-order valence-corrected chi connectivity index (χ1v) is 8.31. The topological polar surface area (TPSA) is 89.5 Å². The second-order valence-electron chi connectivity index (χ2n) is 6.43. The number of cyclic esters (lactones) is 2. The summed E-state index contributed by atoms with van der Waals surface area (Å²) >= 11 is 0. The van der Waals surface area contributed by atoms with E-state index in [4.69, 9.17) is 28.4 Å². The highest BCUT2D eigenvalue weighted by atomic mass is 16.8. The molecule has 0 bridgehead atoms. The van der Waals surface area contributed by atoms with Gasteiger partial charge in [-0.1, -0.05) is 12.7 Å². The molecule has 2 rings (SSSR count). The van der Waals surface area contributed by atoms with E-state index in [0.717, 1.165) is 5.57 Å². The summed E-state index contributed by atoms with van der Waals surface area (Å²) in [6.45, 7) is 8.95. The molecule has 0 unspecified atom stereocenters. The summed E-state index contributed by atoms with van der Waals surface area (Å²) in [5.74, 6) is -4.41. The maximum Gasteiger partial charge on any atom is 0.339 e. The Morgan fingerprint density at radius 3 is 2.04 bits per heavy atom. The first kappa shape index (κ1) is 20.6. The summed E-state index contributed by atoms with van der Waals surface area (Å²) in [5.41, 5.74) is 1.51. The van der Waals surface area contributed by atoms with E-state index >= 15 is 0 Å². The van der Waals surface area contributed by atoms with Crippen LogP contribution in [0, 0.1) is 0 Å². The molecule has 0 aliphatic carbocycles. The fraction of sp³-hybridized carbons (Fsp3) is 0.667. The van der Waals surface area contributed by atoms with Crippen LogP contribution in [0.3, 0.4) is 0 Å². The van der Waals surface area contributed by atoms with Crippen LogP contribution in [0.1, 0.15) is 27.2 Å². The standard InChI is InChI=1S/C18H26O8/c1-11-8-7-9-23-15(19)13-14(16(20)24-10-12(11)2)26-18(4,22-6)17(3,21-5)25-13/h8,13-14H,2,7,9-10H2,1,3-6H3/b11-8+/t13-,14-,17-,18-/m1/s1. The van der Waals surface area contributed by atoms with Gasteiger partial charge in [0.15, 0.2) is 12.2 Å². The highest BCUT2D eigenvalue weighted by Gasteiger charge is 2.60. The second kappa shape index (κ2) is 7.87. The number of ether oxygens (including phenoxy) is 6. The molecule has 146 valence electrons. The monoisotopic (exact) mass is 370 g/mol. The molecular formula is C18H26O8. The van der Waals surface area contributed by atoms with Gasteiger partial charge in [-0.25, -0.2) is 9.59 Å². The third kappa shape index (κ3) is 3.83. The Hall–Kier alpha value is -1.74. The Bertz CT molecular complexity index is 612. The molecule has 0 amide bonds. The van der Waals surface area contributed by atoms with Crippen LogP contribution in [0.5, 0.6) is 0 Å². The zero-order valence-corrected chi connectivity index (χ0v) is 15.8. The van der Waals surface area contributed by atoms with Crippen LogP contribution in [0.2, 0.25) is 0 Å². The summed E-state index contributed by atoms with van der Waals surface area (Å²) in [6, 6.07) is 0. The lowest BCUT2D eigenvalue weighted by Gasteiger charge is -2.50. The lowest BCUT2D eigenvalue weighted by Crippen LogP contribution is -2.68. The largest absolute Gasteiger partial charge is 0.463 e. The number of rotatable bonds is 2. The van der Waals surface area contributed by atoms with Crippen LogP contribution < -0.4 is 0 Å². The van der Waals surface area contributed by atoms with Crippen molar-refractivity contribution in [3.63, 3.8) is 0 Å². The first-order valence-electron chi connectivity index (χ1n) is 8.31. The Balaban J connectivity index is 2.35. The van der Waals surface area contributed by atoms with Gasteiger partial charge in [0.25, 0.3) is 0 Å². The second-order valence-corrected chi connectivity index (χ2v) is 6.43. The van der Waals surface area contributed by atoms with Gasteiger partial charge in [0, 0.05) is 20.6 Å². The van der Waals surface area contributed by atoms with Crippen LogP contribution in [0.15, 0.2) is 23.8 Å². The SMILES string of the molecule is C=C1COC(=O)[C@@H]2O[C@@](C)(OC)[C@](C)(OC)O[C@H]2C(=O)OCC/C=C/1C. The molecule has 0 spiro atoms. The maximum absolute atomic E-state index is 12.6. The van der Waals surface area contributed by atoms with Crippen LogP contribution >= 0.6 is 0 Å². The van der Waals surface area contributed by atoms with Crippen molar-refractivity contribution in [1.82, 2.24) is 0 Å². The van der Waals surface area contributed by atoms with Crippen molar-refractivity contribution in [1.29, 1.82) is 0 Å². The van der Waals surface area contributed by atoms with Gasteiger partial charge in [-0.05, 0) is 31.9 Å². The van der Waals surface area contributed by atoms with Gasteiger partial charge in [0.1, 0.15) is 6.61 Å². The molecular weight excluding hydrogens is 344 g/mol. The van der Waals surface area contributed by atoms with E-state index in [2.05, 4.69) is 6.58 Å². The van der Waals surface area contributed by atoms with Crippen LogP contribution in [-0.2, 0) is 38.0 Å². The third-order valence-corrected chi connectivity index (χ3v) is 4.81. The summed E-state index contributed by atoms with van der Waals surface area (Å²) in [5, 5.41) is 0. The van der Waals surface area contributed by atoms with Crippen molar-refractivity contribution in [3.05, 3.63) is 23.8 Å². The van der Waals surface area contributed by atoms with Crippen LogP contribution in [0.4, 0.5) is 0 Å². The van der Waals surface area contributed by atoms with Crippen LogP contribution in [0.25, 0.3) is 0 Å². The zero-order chi connectivity index (χ0) is 19.5. The Morgan fingerprint density at radius 1 is 1.04 bits per heavy atom. The predicted molar refractivity (Wildman–Crippen MR) is 90.0 cm³/mol. The van der Waals surface area contributed by atoms with Gasteiger partial charge < -0.3 is 28.4 Å². The van der Waals surface area contributed by atoms with E-state index in [0.29, 0.717) is 12.0 Å².